The predicted molar refractivity (Wildman–Crippen MR) is 119 cm³/mol. The molecule has 3 rings (SSSR count). The zero-order valence-corrected chi connectivity index (χ0v) is 17.9. The summed E-state index contributed by atoms with van der Waals surface area (Å²) in [6.07, 6.45) is 1.86. The molecule has 0 unspecified atom stereocenters. The highest BCUT2D eigenvalue weighted by atomic mass is 16.5. The van der Waals surface area contributed by atoms with E-state index in [1.54, 1.807) is 4.90 Å². The summed E-state index contributed by atoms with van der Waals surface area (Å²) < 4.78 is 5.63. The third-order valence-electron chi connectivity index (χ3n) is 5.46. The van der Waals surface area contributed by atoms with E-state index in [2.05, 4.69) is 24.1 Å². The van der Waals surface area contributed by atoms with Crippen LogP contribution in [0, 0.1) is 0 Å². The predicted octanol–water partition coefficient (Wildman–Crippen LogP) is 2.97. The summed E-state index contributed by atoms with van der Waals surface area (Å²) in [7, 11) is 0. The van der Waals surface area contributed by atoms with Crippen molar-refractivity contribution in [3.63, 3.8) is 0 Å². The van der Waals surface area contributed by atoms with Crippen LogP contribution in [0.3, 0.4) is 0 Å². The van der Waals surface area contributed by atoms with E-state index in [0.717, 1.165) is 24.1 Å². The van der Waals surface area contributed by atoms with Crippen molar-refractivity contribution in [1.29, 1.82) is 0 Å². The quantitative estimate of drug-likeness (QED) is 0.728. The van der Waals surface area contributed by atoms with Crippen molar-refractivity contribution in [2.75, 3.05) is 44.6 Å². The molecule has 30 heavy (non-hydrogen) atoms. The number of anilines is 1. The molecule has 2 aromatic rings. The molecule has 1 saturated heterocycles. The van der Waals surface area contributed by atoms with Gasteiger partial charge in [0.25, 0.3) is 5.91 Å². The third-order valence-corrected chi connectivity index (χ3v) is 5.46. The molecule has 1 aliphatic rings. The SMILES string of the molecule is CCc1ccc(OCC(=O)N2CCN(CC(=O)Nc3ccccc3CC)CC2)cc1. The number of ether oxygens (including phenoxy) is 1. The molecule has 2 aromatic carbocycles. The van der Waals surface area contributed by atoms with E-state index in [9.17, 15) is 9.59 Å². The number of aryl methyl sites for hydroxylation is 2. The number of para-hydroxylation sites is 1. The standard InChI is InChI=1S/C24H31N3O3/c1-3-19-9-11-21(12-10-19)30-18-24(29)27-15-13-26(14-16-27)17-23(28)25-22-8-6-5-7-20(22)4-2/h5-12H,3-4,13-18H2,1-2H3,(H,25,28). The molecule has 6 heteroatoms. The Kier molecular flexibility index (Phi) is 7.85. The molecular formula is C24H31N3O3. The lowest BCUT2D eigenvalue weighted by Crippen LogP contribution is -2.51. The van der Waals surface area contributed by atoms with Gasteiger partial charge in [0.05, 0.1) is 6.54 Å². The van der Waals surface area contributed by atoms with E-state index >= 15 is 0 Å². The normalized spacial score (nSPS) is 14.4. The lowest BCUT2D eigenvalue weighted by Gasteiger charge is -2.34. The second-order valence-electron chi connectivity index (χ2n) is 7.50. The molecule has 1 fully saturated rings. The molecular weight excluding hydrogens is 378 g/mol. The van der Waals surface area contributed by atoms with Crippen molar-refractivity contribution >= 4 is 17.5 Å². The Balaban J connectivity index is 1.40. The third kappa shape index (κ3) is 6.07. The second-order valence-corrected chi connectivity index (χ2v) is 7.50. The summed E-state index contributed by atoms with van der Waals surface area (Å²) in [5.74, 6) is 0.674. The number of hydrogen-bond acceptors (Lipinski definition) is 4. The number of nitrogens with one attached hydrogen (secondary N) is 1. The van der Waals surface area contributed by atoms with Crippen LogP contribution < -0.4 is 10.1 Å². The van der Waals surface area contributed by atoms with E-state index in [-0.39, 0.29) is 18.4 Å². The van der Waals surface area contributed by atoms with Gasteiger partial charge in [0.15, 0.2) is 6.61 Å². The summed E-state index contributed by atoms with van der Waals surface area (Å²) in [6, 6.07) is 15.7. The summed E-state index contributed by atoms with van der Waals surface area (Å²) >= 11 is 0. The average molecular weight is 410 g/mol. The summed E-state index contributed by atoms with van der Waals surface area (Å²) in [4.78, 5) is 28.7. The topological polar surface area (TPSA) is 61.9 Å². The Bertz CT molecular complexity index is 843. The Hall–Kier alpha value is -2.86. The smallest absolute Gasteiger partial charge is 0.260 e. The molecule has 0 atom stereocenters. The van der Waals surface area contributed by atoms with Crippen molar-refractivity contribution in [3.8, 4) is 5.75 Å². The van der Waals surface area contributed by atoms with Crippen LogP contribution in [0.4, 0.5) is 5.69 Å². The summed E-state index contributed by atoms with van der Waals surface area (Å²) in [6.45, 7) is 7.13. The van der Waals surface area contributed by atoms with Crippen molar-refractivity contribution in [2.24, 2.45) is 0 Å². The molecule has 0 radical (unpaired) electrons. The monoisotopic (exact) mass is 409 g/mol. The number of nitrogens with zero attached hydrogens (tertiary/aromatic N) is 2. The fourth-order valence-electron chi connectivity index (χ4n) is 3.56. The first kappa shape index (κ1) is 21.8. The molecule has 0 saturated carbocycles. The van der Waals surface area contributed by atoms with Crippen LogP contribution in [-0.4, -0.2) is 60.9 Å². The number of amides is 2. The van der Waals surface area contributed by atoms with Crippen molar-refractivity contribution < 1.29 is 14.3 Å². The fraction of sp³-hybridized carbons (Fsp3) is 0.417. The highest BCUT2D eigenvalue weighted by molar-refractivity contribution is 5.93. The van der Waals surface area contributed by atoms with Crippen LogP contribution in [0.25, 0.3) is 0 Å². The van der Waals surface area contributed by atoms with Crippen LogP contribution in [0.1, 0.15) is 25.0 Å². The molecule has 1 N–H and O–H groups in total. The van der Waals surface area contributed by atoms with Gasteiger partial charge in [-0.1, -0.05) is 44.2 Å². The van der Waals surface area contributed by atoms with Crippen LogP contribution in [0.5, 0.6) is 5.75 Å². The van der Waals surface area contributed by atoms with Crippen molar-refractivity contribution in [1.82, 2.24) is 9.80 Å². The molecule has 2 amide bonds. The van der Waals surface area contributed by atoms with Gasteiger partial charge in [-0.3, -0.25) is 14.5 Å². The average Bonchev–Trinajstić information content (AvgIpc) is 2.78. The highest BCUT2D eigenvalue weighted by Gasteiger charge is 2.23. The van der Waals surface area contributed by atoms with Gasteiger partial charge in [0.2, 0.25) is 5.91 Å². The minimum absolute atomic E-state index is 0.0180. The van der Waals surface area contributed by atoms with Gasteiger partial charge in [0, 0.05) is 31.9 Å². The largest absolute Gasteiger partial charge is 0.484 e. The maximum absolute atomic E-state index is 12.4. The van der Waals surface area contributed by atoms with Crippen LogP contribution in [-0.2, 0) is 22.4 Å². The van der Waals surface area contributed by atoms with Gasteiger partial charge >= 0.3 is 0 Å². The Morgan fingerprint density at radius 2 is 1.63 bits per heavy atom. The molecule has 1 aliphatic heterocycles. The second kappa shape index (κ2) is 10.8. The number of benzene rings is 2. The Labute approximate surface area is 178 Å². The van der Waals surface area contributed by atoms with Gasteiger partial charge in [-0.05, 0) is 42.2 Å². The molecule has 0 spiro atoms. The van der Waals surface area contributed by atoms with E-state index < -0.39 is 0 Å². The number of carbonyl (C=O) groups excluding carboxylic acids is 2. The lowest BCUT2D eigenvalue weighted by molar-refractivity contribution is -0.135. The van der Waals surface area contributed by atoms with Gasteiger partial charge < -0.3 is 15.0 Å². The first-order chi connectivity index (χ1) is 14.6. The number of rotatable bonds is 8. The molecule has 160 valence electrons. The summed E-state index contributed by atoms with van der Waals surface area (Å²) in [5, 5.41) is 3.01. The van der Waals surface area contributed by atoms with E-state index in [1.807, 2.05) is 48.5 Å². The van der Waals surface area contributed by atoms with E-state index in [0.29, 0.717) is 38.5 Å². The van der Waals surface area contributed by atoms with Gasteiger partial charge in [-0.15, -0.1) is 0 Å². The van der Waals surface area contributed by atoms with Gasteiger partial charge in [0.1, 0.15) is 5.75 Å². The van der Waals surface area contributed by atoms with Crippen LogP contribution in [0.15, 0.2) is 48.5 Å². The van der Waals surface area contributed by atoms with Gasteiger partial charge in [-0.2, -0.15) is 0 Å². The first-order valence-electron chi connectivity index (χ1n) is 10.7. The van der Waals surface area contributed by atoms with Gasteiger partial charge in [-0.25, -0.2) is 0 Å². The Morgan fingerprint density at radius 3 is 2.30 bits per heavy atom. The number of piperazine rings is 1. The van der Waals surface area contributed by atoms with Crippen LogP contribution >= 0.6 is 0 Å². The molecule has 6 nitrogen and oxygen atoms in total. The van der Waals surface area contributed by atoms with Crippen molar-refractivity contribution in [3.05, 3.63) is 59.7 Å². The molecule has 0 aliphatic carbocycles. The minimum Gasteiger partial charge on any atom is -0.484 e. The number of hydrogen-bond donors (Lipinski definition) is 1. The fourth-order valence-corrected chi connectivity index (χ4v) is 3.56. The highest BCUT2D eigenvalue weighted by Crippen LogP contribution is 2.16. The maximum atomic E-state index is 12.4. The zero-order chi connectivity index (χ0) is 21.3. The van der Waals surface area contributed by atoms with E-state index in [4.69, 9.17) is 4.74 Å². The zero-order valence-electron chi connectivity index (χ0n) is 17.9. The van der Waals surface area contributed by atoms with Crippen molar-refractivity contribution in [2.45, 2.75) is 26.7 Å². The Morgan fingerprint density at radius 1 is 0.933 bits per heavy atom. The molecule has 1 heterocycles. The lowest BCUT2D eigenvalue weighted by atomic mass is 10.1. The maximum Gasteiger partial charge on any atom is 0.260 e. The first-order valence-corrected chi connectivity index (χ1v) is 10.7. The van der Waals surface area contributed by atoms with Crippen LogP contribution in [0.2, 0.25) is 0 Å². The molecule has 0 aromatic heterocycles. The van der Waals surface area contributed by atoms with E-state index in [1.165, 1.54) is 5.56 Å². The minimum atomic E-state index is -0.0189. The molecule has 0 bridgehead atoms. The number of carbonyl (C=O) groups is 2. The summed E-state index contributed by atoms with van der Waals surface area (Å²) in [5.41, 5.74) is 3.25.